The highest BCUT2D eigenvalue weighted by atomic mass is 16.6. The lowest BCUT2D eigenvalue weighted by Crippen LogP contribution is -2.42. The zero-order valence-corrected chi connectivity index (χ0v) is 17.2. The lowest BCUT2D eigenvalue weighted by molar-refractivity contribution is -0.141. The van der Waals surface area contributed by atoms with Gasteiger partial charge in [0, 0.05) is 0 Å². The number of amides is 1. The molecule has 0 aromatic heterocycles. The molecular formula is C24H23NO6. The molecule has 1 heterocycles. The minimum atomic E-state index is -1.17. The Labute approximate surface area is 179 Å². The molecule has 0 bridgehead atoms. The maximum absolute atomic E-state index is 13.2. The van der Waals surface area contributed by atoms with Crippen LogP contribution in [-0.2, 0) is 19.1 Å². The number of benzene rings is 2. The van der Waals surface area contributed by atoms with Crippen molar-refractivity contribution >= 4 is 29.0 Å². The van der Waals surface area contributed by atoms with Gasteiger partial charge in [-0.05, 0) is 23.5 Å². The van der Waals surface area contributed by atoms with E-state index in [1.807, 2.05) is 13.8 Å². The van der Waals surface area contributed by atoms with E-state index in [0.29, 0.717) is 11.1 Å². The molecule has 0 saturated heterocycles. The van der Waals surface area contributed by atoms with Crippen molar-refractivity contribution in [3.63, 3.8) is 0 Å². The third-order valence-corrected chi connectivity index (χ3v) is 4.74. The number of hydrogen-bond donors (Lipinski definition) is 3. The summed E-state index contributed by atoms with van der Waals surface area (Å²) >= 11 is 0. The van der Waals surface area contributed by atoms with Crippen LogP contribution >= 0.6 is 0 Å². The van der Waals surface area contributed by atoms with E-state index in [4.69, 9.17) is 4.74 Å². The number of aliphatic hydroxyl groups is 1. The van der Waals surface area contributed by atoms with Crippen molar-refractivity contribution in [3.05, 3.63) is 83.3 Å². The number of cyclic esters (lactones) is 1. The fraction of sp³-hybridized carbons (Fsp3) is 0.208. The van der Waals surface area contributed by atoms with Gasteiger partial charge in [-0.15, -0.1) is 0 Å². The lowest BCUT2D eigenvalue weighted by atomic mass is 9.99. The normalized spacial score (nSPS) is 16.2. The van der Waals surface area contributed by atoms with E-state index in [2.05, 4.69) is 5.32 Å². The molecule has 0 radical (unpaired) electrons. The van der Waals surface area contributed by atoms with Gasteiger partial charge in [0.2, 0.25) is 0 Å². The first-order chi connectivity index (χ1) is 14.8. The number of carboxylic acid groups (broad SMARTS) is 1. The first kappa shape index (κ1) is 21.8. The lowest BCUT2D eigenvalue weighted by Gasteiger charge is -2.18. The van der Waals surface area contributed by atoms with Crippen molar-refractivity contribution in [2.75, 3.05) is 0 Å². The number of carboxylic acids is 1. The quantitative estimate of drug-likeness (QED) is 0.466. The van der Waals surface area contributed by atoms with Gasteiger partial charge in [0.15, 0.2) is 11.5 Å². The van der Waals surface area contributed by atoms with Gasteiger partial charge in [-0.25, -0.2) is 9.59 Å². The molecule has 3 N–H and O–H groups in total. The SMILES string of the molecule is CC(C)CC(NC(=O)C(=C1OC(=O)C(c2ccccc2)=C1O)c1ccccc1)C(=O)O. The van der Waals surface area contributed by atoms with E-state index in [1.54, 1.807) is 60.7 Å². The number of esters is 1. The Morgan fingerprint density at radius 3 is 2.13 bits per heavy atom. The van der Waals surface area contributed by atoms with Gasteiger partial charge in [0.05, 0.1) is 5.57 Å². The van der Waals surface area contributed by atoms with Crippen LogP contribution in [0.3, 0.4) is 0 Å². The van der Waals surface area contributed by atoms with E-state index < -0.39 is 29.6 Å². The number of ether oxygens (including phenoxy) is 1. The van der Waals surface area contributed by atoms with Crippen molar-refractivity contribution in [2.24, 2.45) is 5.92 Å². The number of carbonyl (C=O) groups is 3. The van der Waals surface area contributed by atoms with Gasteiger partial charge in [-0.1, -0.05) is 74.5 Å². The molecule has 7 heteroatoms. The van der Waals surface area contributed by atoms with Crippen LogP contribution in [0.15, 0.2) is 72.2 Å². The van der Waals surface area contributed by atoms with Gasteiger partial charge < -0.3 is 20.3 Å². The van der Waals surface area contributed by atoms with Gasteiger partial charge in [0.25, 0.3) is 5.91 Å². The highest BCUT2D eigenvalue weighted by molar-refractivity contribution is 6.26. The maximum Gasteiger partial charge on any atom is 0.348 e. The molecule has 1 aliphatic rings. The molecule has 0 saturated carbocycles. The molecule has 1 atom stereocenters. The summed E-state index contributed by atoms with van der Waals surface area (Å²) in [6.45, 7) is 3.69. The summed E-state index contributed by atoms with van der Waals surface area (Å²) in [5, 5.41) is 22.8. The van der Waals surface area contributed by atoms with E-state index in [1.165, 1.54) is 0 Å². The second-order valence-corrected chi connectivity index (χ2v) is 7.54. The number of aliphatic hydroxyl groups excluding tert-OH is 1. The van der Waals surface area contributed by atoms with E-state index >= 15 is 0 Å². The summed E-state index contributed by atoms with van der Waals surface area (Å²) < 4.78 is 5.31. The van der Waals surface area contributed by atoms with Crippen LogP contribution < -0.4 is 5.32 Å². The van der Waals surface area contributed by atoms with Crippen LogP contribution in [-0.4, -0.2) is 34.1 Å². The average Bonchev–Trinajstić information content (AvgIpc) is 3.02. The molecule has 0 spiro atoms. The molecule has 3 rings (SSSR count). The minimum absolute atomic E-state index is 0.0246. The number of nitrogens with one attached hydrogen (secondary N) is 1. The minimum Gasteiger partial charge on any atom is -0.504 e. The largest absolute Gasteiger partial charge is 0.504 e. The first-order valence-corrected chi connectivity index (χ1v) is 9.84. The molecule has 2 aromatic rings. The summed E-state index contributed by atoms with van der Waals surface area (Å²) in [5.41, 5.74) is 0.634. The number of aliphatic carboxylic acids is 1. The molecule has 2 aromatic carbocycles. The molecule has 0 aliphatic carbocycles. The summed E-state index contributed by atoms with van der Waals surface area (Å²) in [6.07, 6.45) is 0.218. The number of carbonyl (C=O) groups excluding carboxylic acids is 2. The van der Waals surface area contributed by atoms with Gasteiger partial charge in [-0.3, -0.25) is 4.79 Å². The molecule has 1 unspecified atom stereocenters. The van der Waals surface area contributed by atoms with Crippen LogP contribution in [0.25, 0.3) is 11.1 Å². The highest BCUT2D eigenvalue weighted by Crippen LogP contribution is 2.36. The Morgan fingerprint density at radius 1 is 1.00 bits per heavy atom. The molecule has 7 nitrogen and oxygen atoms in total. The summed E-state index contributed by atoms with van der Waals surface area (Å²) in [7, 11) is 0. The Bertz CT molecular complexity index is 1050. The summed E-state index contributed by atoms with van der Waals surface area (Å²) in [6, 6.07) is 15.7. The fourth-order valence-corrected chi connectivity index (χ4v) is 3.32. The standard InChI is InChI=1S/C24H23NO6/c1-14(2)13-17(23(28)29)25-22(27)19(16-11-7-4-8-12-16)21-20(26)18(24(30)31-21)15-9-5-3-6-10-15/h3-12,14,17,26H,13H2,1-2H3,(H,25,27)(H,28,29). The first-order valence-electron chi connectivity index (χ1n) is 9.84. The van der Waals surface area contributed by atoms with Crippen molar-refractivity contribution in [3.8, 4) is 0 Å². The topological polar surface area (TPSA) is 113 Å². The zero-order chi connectivity index (χ0) is 22.5. The smallest absolute Gasteiger partial charge is 0.348 e. The summed E-state index contributed by atoms with van der Waals surface area (Å²) in [4.78, 5) is 37.3. The molecule has 0 fully saturated rings. The zero-order valence-electron chi connectivity index (χ0n) is 17.2. The van der Waals surface area contributed by atoms with Gasteiger partial charge in [0.1, 0.15) is 11.6 Å². The second kappa shape index (κ2) is 9.30. The van der Waals surface area contributed by atoms with E-state index in [0.717, 1.165) is 0 Å². The van der Waals surface area contributed by atoms with Crippen LogP contribution in [0.1, 0.15) is 31.4 Å². The summed E-state index contributed by atoms with van der Waals surface area (Å²) in [5.74, 6) is -3.48. The van der Waals surface area contributed by atoms with Gasteiger partial charge >= 0.3 is 11.9 Å². The molecule has 1 aliphatic heterocycles. The Kier molecular flexibility index (Phi) is 6.55. The maximum atomic E-state index is 13.2. The van der Waals surface area contributed by atoms with Crippen molar-refractivity contribution in [1.29, 1.82) is 0 Å². The second-order valence-electron chi connectivity index (χ2n) is 7.54. The Hall–Kier alpha value is -3.87. The molecule has 31 heavy (non-hydrogen) atoms. The third kappa shape index (κ3) is 4.83. The predicted molar refractivity (Wildman–Crippen MR) is 114 cm³/mol. The van der Waals surface area contributed by atoms with Crippen molar-refractivity contribution < 1.29 is 29.3 Å². The van der Waals surface area contributed by atoms with Crippen molar-refractivity contribution in [1.82, 2.24) is 5.32 Å². The molecule has 1 amide bonds. The third-order valence-electron chi connectivity index (χ3n) is 4.74. The Morgan fingerprint density at radius 2 is 1.58 bits per heavy atom. The average molecular weight is 421 g/mol. The van der Waals surface area contributed by atoms with Crippen LogP contribution in [0, 0.1) is 5.92 Å². The van der Waals surface area contributed by atoms with Crippen LogP contribution in [0.5, 0.6) is 0 Å². The van der Waals surface area contributed by atoms with Crippen LogP contribution in [0.2, 0.25) is 0 Å². The monoisotopic (exact) mass is 421 g/mol. The molecule has 160 valence electrons. The highest BCUT2D eigenvalue weighted by Gasteiger charge is 2.36. The van der Waals surface area contributed by atoms with Crippen LogP contribution in [0.4, 0.5) is 0 Å². The number of hydrogen-bond acceptors (Lipinski definition) is 5. The van der Waals surface area contributed by atoms with E-state index in [9.17, 15) is 24.6 Å². The Balaban J connectivity index is 2.11. The number of rotatable bonds is 7. The van der Waals surface area contributed by atoms with Gasteiger partial charge in [-0.2, -0.15) is 0 Å². The fourth-order valence-electron chi connectivity index (χ4n) is 3.32. The van der Waals surface area contributed by atoms with Crippen molar-refractivity contribution in [2.45, 2.75) is 26.3 Å². The predicted octanol–water partition coefficient (Wildman–Crippen LogP) is 3.54. The molecular weight excluding hydrogens is 398 g/mol. The van der Waals surface area contributed by atoms with E-state index in [-0.39, 0.29) is 29.2 Å².